The van der Waals surface area contributed by atoms with Gasteiger partial charge in [-0.15, -0.1) is 0 Å². The Hall–Kier alpha value is -0.320. The number of aliphatic hydroxyl groups is 7. The molecule has 0 aliphatic carbocycles. The van der Waals surface area contributed by atoms with Crippen LogP contribution in [0.25, 0.3) is 0 Å². The van der Waals surface area contributed by atoms with Crippen LogP contribution in [-0.2, 0) is 4.74 Å². The van der Waals surface area contributed by atoms with Crippen LogP contribution in [0, 0.1) is 0 Å². The lowest BCUT2D eigenvalue weighted by Gasteiger charge is -2.35. The molecule has 8 nitrogen and oxygen atoms in total. The van der Waals surface area contributed by atoms with Crippen molar-refractivity contribution in [2.24, 2.45) is 0 Å². The van der Waals surface area contributed by atoms with E-state index in [1.165, 1.54) is 0 Å². The molecule has 0 amide bonds. The molecule has 0 rings (SSSR count). The third-order valence-electron chi connectivity index (χ3n) is 2.93. The Morgan fingerprint density at radius 3 is 2.00 bits per heavy atom. The number of aliphatic hydroxyl groups excluding tert-OH is 6. The molecule has 0 aromatic carbocycles. The summed E-state index contributed by atoms with van der Waals surface area (Å²) < 4.78 is 4.80. The van der Waals surface area contributed by atoms with Gasteiger partial charge < -0.3 is 40.5 Å². The summed E-state index contributed by atoms with van der Waals surface area (Å²) >= 11 is 0. The molecule has 0 aliphatic heterocycles. The van der Waals surface area contributed by atoms with E-state index in [0.29, 0.717) is 19.3 Å². The van der Waals surface area contributed by atoms with Crippen LogP contribution in [0.5, 0.6) is 0 Å². The van der Waals surface area contributed by atoms with Crippen LogP contribution in [0.15, 0.2) is 0 Å². The standard InChI is InChI=1S/C12H26O8/c13-6-3-1-2-4-10(17)20-12(19,8-15)11(18)9(16)5-7-14/h9-11,13-19H,1-8H2/t9-,10+,11-,12-/m0/s1. The quantitative estimate of drug-likeness (QED) is 0.156. The summed E-state index contributed by atoms with van der Waals surface area (Å²) in [6.45, 7) is -1.39. The molecule has 0 fully saturated rings. The molecular formula is C12H26O8. The Labute approximate surface area is 117 Å². The van der Waals surface area contributed by atoms with E-state index in [0.717, 1.165) is 0 Å². The molecule has 0 heterocycles. The number of ether oxygens (including phenoxy) is 1. The Bertz CT molecular complexity index is 239. The number of hydrogen-bond donors (Lipinski definition) is 7. The van der Waals surface area contributed by atoms with Crippen molar-refractivity contribution in [3.63, 3.8) is 0 Å². The maximum absolute atomic E-state index is 9.89. The van der Waals surface area contributed by atoms with Crippen LogP contribution < -0.4 is 0 Å². The number of rotatable bonds is 12. The predicted octanol–water partition coefficient (Wildman–Crippen LogP) is -2.34. The molecule has 0 bridgehead atoms. The number of hydrogen-bond acceptors (Lipinski definition) is 8. The lowest BCUT2D eigenvalue weighted by atomic mass is 10.0. The highest BCUT2D eigenvalue weighted by atomic mass is 16.7. The lowest BCUT2D eigenvalue weighted by molar-refractivity contribution is -0.337. The first-order chi connectivity index (χ1) is 9.41. The van der Waals surface area contributed by atoms with Crippen LogP contribution in [0.3, 0.4) is 0 Å². The highest BCUT2D eigenvalue weighted by Crippen LogP contribution is 2.20. The van der Waals surface area contributed by atoms with E-state index in [1.54, 1.807) is 0 Å². The Balaban J connectivity index is 4.33. The van der Waals surface area contributed by atoms with Gasteiger partial charge in [-0.05, 0) is 25.7 Å². The molecule has 0 radical (unpaired) electrons. The van der Waals surface area contributed by atoms with Gasteiger partial charge >= 0.3 is 0 Å². The topological polar surface area (TPSA) is 151 Å². The maximum Gasteiger partial charge on any atom is 0.220 e. The Morgan fingerprint density at radius 2 is 1.50 bits per heavy atom. The Morgan fingerprint density at radius 1 is 0.850 bits per heavy atom. The van der Waals surface area contributed by atoms with Crippen molar-refractivity contribution in [1.29, 1.82) is 0 Å². The van der Waals surface area contributed by atoms with Crippen molar-refractivity contribution in [2.75, 3.05) is 19.8 Å². The number of unbranched alkanes of at least 4 members (excludes halogenated alkanes) is 2. The van der Waals surface area contributed by atoms with Crippen molar-refractivity contribution in [2.45, 2.75) is 56.4 Å². The van der Waals surface area contributed by atoms with E-state index in [9.17, 15) is 20.4 Å². The van der Waals surface area contributed by atoms with Crippen LogP contribution in [0.2, 0.25) is 0 Å². The second-order valence-corrected chi connectivity index (χ2v) is 4.67. The molecule has 0 spiro atoms. The summed E-state index contributed by atoms with van der Waals surface area (Å²) in [7, 11) is 0. The van der Waals surface area contributed by atoms with Gasteiger partial charge in [-0.25, -0.2) is 0 Å². The molecule has 0 aromatic rings. The maximum atomic E-state index is 9.89. The summed E-state index contributed by atoms with van der Waals surface area (Å²) in [6, 6.07) is 0. The zero-order valence-corrected chi connectivity index (χ0v) is 11.4. The highest BCUT2D eigenvalue weighted by Gasteiger charge is 2.42. The van der Waals surface area contributed by atoms with Crippen LogP contribution in [-0.4, -0.2) is 79.9 Å². The largest absolute Gasteiger partial charge is 0.396 e. The van der Waals surface area contributed by atoms with Crippen LogP contribution in [0.1, 0.15) is 32.1 Å². The molecule has 0 aromatic heterocycles. The van der Waals surface area contributed by atoms with Gasteiger partial charge in [-0.3, -0.25) is 0 Å². The van der Waals surface area contributed by atoms with Gasteiger partial charge in [0.15, 0.2) is 6.29 Å². The van der Waals surface area contributed by atoms with Crippen molar-refractivity contribution in [3.8, 4) is 0 Å². The average molecular weight is 298 g/mol. The minimum Gasteiger partial charge on any atom is -0.396 e. The van der Waals surface area contributed by atoms with Gasteiger partial charge in [0.25, 0.3) is 0 Å². The zero-order valence-electron chi connectivity index (χ0n) is 11.4. The van der Waals surface area contributed by atoms with Gasteiger partial charge in [-0.1, -0.05) is 6.42 Å². The van der Waals surface area contributed by atoms with Gasteiger partial charge in [0.2, 0.25) is 5.79 Å². The fourth-order valence-electron chi connectivity index (χ4n) is 1.69. The van der Waals surface area contributed by atoms with E-state index in [4.69, 9.17) is 20.1 Å². The van der Waals surface area contributed by atoms with Gasteiger partial charge in [0.1, 0.15) is 6.10 Å². The molecule has 20 heavy (non-hydrogen) atoms. The molecular weight excluding hydrogens is 272 g/mol. The second-order valence-electron chi connectivity index (χ2n) is 4.67. The van der Waals surface area contributed by atoms with Crippen LogP contribution >= 0.6 is 0 Å². The van der Waals surface area contributed by atoms with E-state index in [-0.39, 0.29) is 19.4 Å². The van der Waals surface area contributed by atoms with Gasteiger partial charge in [0.05, 0.1) is 12.7 Å². The van der Waals surface area contributed by atoms with E-state index < -0.39 is 37.5 Å². The first kappa shape index (κ1) is 19.7. The fraction of sp³-hybridized carbons (Fsp3) is 1.00. The van der Waals surface area contributed by atoms with E-state index in [1.807, 2.05) is 0 Å². The SMILES string of the molecule is OCCCCC[C@H](O)O[C@@](O)(CO)[C@@H](O)[C@@H](O)CCO. The van der Waals surface area contributed by atoms with Crippen molar-refractivity contribution in [1.82, 2.24) is 0 Å². The predicted molar refractivity (Wildman–Crippen MR) is 68.4 cm³/mol. The zero-order chi connectivity index (χ0) is 15.6. The first-order valence-corrected chi connectivity index (χ1v) is 6.68. The summed E-state index contributed by atoms with van der Waals surface area (Å²) in [4.78, 5) is 0. The van der Waals surface area contributed by atoms with E-state index >= 15 is 0 Å². The molecule has 0 saturated heterocycles. The van der Waals surface area contributed by atoms with Crippen molar-refractivity contribution in [3.05, 3.63) is 0 Å². The Kier molecular flexibility index (Phi) is 10.2. The average Bonchev–Trinajstić information content (AvgIpc) is 2.42. The lowest BCUT2D eigenvalue weighted by Crippen LogP contribution is -2.55. The van der Waals surface area contributed by atoms with Gasteiger partial charge in [-0.2, -0.15) is 0 Å². The molecule has 122 valence electrons. The molecule has 4 atom stereocenters. The monoisotopic (exact) mass is 298 g/mol. The third kappa shape index (κ3) is 6.91. The molecule has 0 saturated carbocycles. The first-order valence-electron chi connectivity index (χ1n) is 6.68. The third-order valence-corrected chi connectivity index (χ3v) is 2.93. The molecule has 0 aliphatic rings. The second kappa shape index (κ2) is 10.4. The fourth-order valence-corrected chi connectivity index (χ4v) is 1.69. The molecule has 8 heteroatoms. The molecule has 0 unspecified atom stereocenters. The summed E-state index contributed by atoms with van der Waals surface area (Å²) in [6.07, 6.45) is -3.10. The van der Waals surface area contributed by atoms with Crippen LogP contribution in [0.4, 0.5) is 0 Å². The van der Waals surface area contributed by atoms with Crippen molar-refractivity contribution < 1.29 is 40.5 Å². The summed E-state index contributed by atoms with van der Waals surface area (Å²) in [5.41, 5.74) is 0. The molecule has 7 N–H and O–H groups in total. The van der Waals surface area contributed by atoms with Crippen molar-refractivity contribution >= 4 is 0 Å². The minimum atomic E-state index is -2.51. The van der Waals surface area contributed by atoms with Gasteiger partial charge in [0, 0.05) is 13.2 Å². The smallest absolute Gasteiger partial charge is 0.220 e. The normalized spacial score (nSPS) is 19.4. The summed E-state index contributed by atoms with van der Waals surface area (Å²) in [5, 5.41) is 64.9. The summed E-state index contributed by atoms with van der Waals surface area (Å²) in [5.74, 6) is -2.51. The van der Waals surface area contributed by atoms with E-state index in [2.05, 4.69) is 0 Å². The minimum absolute atomic E-state index is 0.0452. The highest BCUT2D eigenvalue weighted by molar-refractivity contribution is 4.83.